The van der Waals surface area contributed by atoms with Gasteiger partial charge in [0.2, 0.25) is 0 Å². The van der Waals surface area contributed by atoms with Crippen LogP contribution >= 0.6 is 0 Å². The Labute approximate surface area is 104 Å². The van der Waals surface area contributed by atoms with Crippen LogP contribution in [0.4, 0.5) is 5.82 Å². The van der Waals surface area contributed by atoms with Crippen LogP contribution in [0.15, 0.2) is 42.6 Å². The number of Topliss-reactive ketones (excluding diaryl/α,β-unsaturated/α-hetero) is 1. The van der Waals surface area contributed by atoms with Gasteiger partial charge in [0.15, 0.2) is 17.3 Å². The third-order valence-electron chi connectivity index (χ3n) is 2.39. The highest BCUT2D eigenvalue weighted by atomic mass is 16.3. The zero-order chi connectivity index (χ0) is 13.0. The standard InChI is InChI=1S/C13H12N2O3/c16-10-5-4-9(7-11(10)17)12(18)8-15-13-3-1-2-6-14-13/h1-7,16-17H,8H2,(H,14,15). The number of aromatic nitrogens is 1. The molecule has 0 amide bonds. The Morgan fingerprint density at radius 1 is 1.17 bits per heavy atom. The van der Waals surface area contributed by atoms with E-state index in [2.05, 4.69) is 10.3 Å². The first-order chi connectivity index (χ1) is 8.66. The fourth-order valence-electron chi connectivity index (χ4n) is 1.44. The lowest BCUT2D eigenvalue weighted by atomic mass is 10.1. The van der Waals surface area contributed by atoms with Crippen molar-refractivity contribution in [2.75, 3.05) is 11.9 Å². The van der Waals surface area contributed by atoms with E-state index in [4.69, 9.17) is 5.11 Å². The van der Waals surface area contributed by atoms with Crippen LogP contribution in [0, 0.1) is 0 Å². The van der Waals surface area contributed by atoms with Crippen LogP contribution in [0.3, 0.4) is 0 Å². The molecule has 0 saturated carbocycles. The van der Waals surface area contributed by atoms with Crippen molar-refractivity contribution in [1.82, 2.24) is 4.98 Å². The summed E-state index contributed by atoms with van der Waals surface area (Å²) in [5.74, 6) is -0.146. The van der Waals surface area contributed by atoms with E-state index in [-0.39, 0.29) is 23.8 Å². The molecule has 18 heavy (non-hydrogen) atoms. The van der Waals surface area contributed by atoms with Crippen molar-refractivity contribution in [3.63, 3.8) is 0 Å². The van der Waals surface area contributed by atoms with Crippen molar-refractivity contribution >= 4 is 11.6 Å². The molecule has 0 atom stereocenters. The van der Waals surface area contributed by atoms with Crippen LogP contribution in [-0.2, 0) is 0 Å². The number of phenolic OH excluding ortho intramolecular Hbond substituents is 2. The first-order valence-electron chi connectivity index (χ1n) is 5.37. The number of anilines is 1. The molecule has 2 rings (SSSR count). The number of carbonyl (C=O) groups excluding carboxylic acids is 1. The highest BCUT2D eigenvalue weighted by molar-refractivity contribution is 5.99. The predicted octanol–water partition coefficient (Wildman–Crippen LogP) is 1.79. The van der Waals surface area contributed by atoms with Crippen molar-refractivity contribution < 1.29 is 15.0 Å². The van der Waals surface area contributed by atoms with E-state index in [1.165, 1.54) is 18.2 Å². The summed E-state index contributed by atoms with van der Waals surface area (Å²) < 4.78 is 0. The van der Waals surface area contributed by atoms with Crippen LogP contribution in [0.25, 0.3) is 0 Å². The molecule has 0 saturated heterocycles. The van der Waals surface area contributed by atoms with Crippen molar-refractivity contribution in [3.05, 3.63) is 48.2 Å². The molecule has 0 aliphatic heterocycles. The molecule has 0 radical (unpaired) electrons. The minimum atomic E-state index is -0.307. The molecule has 92 valence electrons. The molecule has 0 aliphatic rings. The number of rotatable bonds is 4. The third kappa shape index (κ3) is 2.76. The van der Waals surface area contributed by atoms with Gasteiger partial charge in [0.1, 0.15) is 5.82 Å². The van der Waals surface area contributed by atoms with Crippen molar-refractivity contribution in [3.8, 4) is 11.5 Å². The molecule has 5 nitrogen and oxygen atoms in total. The van der Waals surface area contributed by atoms with E-state index in [0.29, 0.717) is 11.4 Å². The van der Waals surface area contributed by atoms with Crippen LogP contribution in [0.2, 0.25) is 0 Å². The summed E-state index contributed by atoms with van der Waals surface area (Å²) in [7, 11) is 0. The van der Waals surface area contributed by atoms with Gasteiger partial charge in [-0.1, -0.05) is 6.07 Å². The van der Waals surface area contributed by atoms with Crippen LogP contribution in [0.1, 0.15) is 10.4 Å². The molecule has 5 heteroatoms. The summed E-state index contributed by atoms with van der Waals surface area (Å²) in [5, 5.41) is 21.3. The molecule has 1 heterocycles. The smallest absolute Gasteiger partial charge is 0.182 e. The Morgan fingerprint density at radius 3 is 2.67 bits per heavy atom. The molecular weight excluding hydrogens is 232 g/mol. The van der Waals surface area contributed by atoms with Gasteiger partial charge in [-0.3, -0.25) is 4.79 Å². The highest BCUT2D eigenvalue weighted by Gasteiger charge is 2.08. The minimum Gasteiger partial charge on any atom is -0.504 e. The molecule has 0 fully saturated rings. The number of phenols is 2. The van der Waals surface area contributed by atoms with Gasteiger partial charge in [-0.2, -0.15) is 0 Å². The number of benzene rings is 1. The van der Waals surface area contributed by atoms with E-state index in [1.807, 2.05) is 6.07 Å². The molecule has 0 unspecified atom stereocenters. The van der Waals surface area contributed by atoms with E-state index < -0.39 is 0 Å². The lowest BCUT2D eigenvalue weighted by Gasteiger charge is -2.05. The number of hydrogen-bond acceptors (Lipinski definition) is 5. The van der Waals surface area contributed by atoms with E-state index in [9.17, 15) is 9.90 Å². The third-order valence-corrected chi connectivity index (χ3v) is 2.39. The van der Waals surface area contributed by atoms with Crippen LogP contribution < -0.4 is 5.32 Å². The number of aromatic hydroxyl groups is 2. The maximum absolute atomic E-state index is 11.8. The number of nitrogens with one attached hydrogen (secondary N) is 1. The summed E-state index contributed by atoms with van der Waals surface area (Å²) in [6, 6.07) is 9.32. The summed E-state index contributed by atoms with van der Waals surface area (Å²) in [6.45, 7) is 0.0707. The van der Waals surface area contributed by atoms with Gasteiger partial charge in [0, 0.05) is 11.8 Å². The fraction of sp³-hybridized carbons (Fsp3) is 0.0769. The Hall–Kier alpha value is -2.56. The molecule has 1 aromatic heterocycles. The van der Waals surface area contributed by atoms with Gasteiger partial charge in [0.25, 0.3) is 0 Å². The second-order valence-corrected chi connectivity index (χ2v) is 3.70. The van der Waals surface area contributed by atoms with Gasteiger partial charge >= 0.3 is 0 Å². The normalized spacial score (nSPS) is 10.0. The van der Waals surface area contributed by atoms with Crippen molar-refractivity contribution in [2.24, 2.45) is 0 Å². The molecule has 0 spiro atoms. The average molecular weight is 244 g/mol. The molecule has 1 aromatic carbocycles. The van der Waals surface area contributed by atoms with Crippen molar-refractivity contribution in [2.45, 2.75) is 0 Å². The Bertz CT molecular complexity index is 555. The molecule has 2 aromatic rings. The fourth-order valence-corrected chi connectivity index (χ4v) is 1.44. The zero-order valence-corrected chi connectivity index (χ0v) is 9.50. The van der Waals surface area contributed by atoms with Gasteiger partial charge in [-0.15, -0.1) is 0 Å². The van der Waals surface area contributed by atoms with Gasteiger partial charge in [-0.05, 0) is 30.3 Å². The minimum absolute atomic E-state index is 0.0707. The first-order valence-corrected chi connectivity index (χ1v) is 5.37. The summed E-state index contributed by atoms with van der Waals surface area (Å²) in [5.41, 5.74) is 0.328. The molecule has 0 bridgehead atoms. The summed E-state index contributed by atoms with van der Waals surface area (Å²) in [6.07, 6.45) is 1.62. The van der Waals surface area contributed by atoms with Gasteiger partial charge < -0.3 is 15.5 Å². The summed E-state index contributed by atoms with van der Waals surface area (Å²) >= 11 is 0. The zero-order valence-electron chi connectivity index (χ0n) is 9.50. The first kappa shape index (κ1) is 11.9. The van der Waals surface area contributed by atoms with Gasteiger partial charge in [0.05, 0.1) is 6.54 Å². The number of ketones is 1. The Morgan fingerprint density at radius 2 is 2.00 bits per heavy atom. The number of nitrogens with zero attached hydrogens (tertiary/aromatic N) is 1. The topological polar surface area (TPSA) is 82.5 Å². The monoisotopic (exact) mass is 244 g/mol. The molecule has 0 aliphatic carbocycles. The quantitative estimate of drug-likeness (QED) is 0.564. The average Bonchev–Trinajstić information content (AvgIpc) is 2.40. The molecular formula is C13H12N2O3. The maximum atomic E-state index is 11.8. The number of hydrogen-bond donors (Lipinski definition) is 3. The Kier molecular flexibility index (Phi) is 3.43. The number of carbonyl (C=O) groups is 1. The van der Waals surface area contributed by atoms with Crippen LogP contribution in [-0.4, -0.2) is 27.5 Å². The van der Waals surface area contributed by atoms with Crippen molar-refractivity contribution in [1.29, 1.82) is 0 Å². The lowest BCUT2D eigenvalue weighted by molar-refractivity contribution is 0.101. The van der Waals surface area contributed by atoms with E-state index in [0.717, 1.165) is 0 Å². The lowest BCUT2D eigenvalue weighted by Crippen LogP contribution is -2.14. The predicted molar refractivity (Wildman–Crippen MR) is 66.8 cm³/mol. The summed E-state index contributed by atoms with van der Waals surface area (Å²) in [4.78, 5) is 15.8. The van der Waals surface area contributed by atoms with Crippen LogP contribution in [0.5, 0.6) is 11.5 Å². The number of pyridine rings is 1. The second-order valence-electron chi connectivity index (χ2n) is 3.70. The van der Waals surface area contributed by atoms with Gasteiger partial charge in [-0.25, -0.2) is 4.98 Å². The maximum Gasteiger partial charge on any atom is 0.182 e. The van der Waals surface area contributed by atoms with E-state index in [1.54, 1.807) is 18.3 Å². The SMILES string of the molecule is O=C(CNc1ccccn1)c1ccc(O)c(O)c1. The second kappa shape index (κ2) is 5.18. The largest absolute Gasteiger partial charge is 0.504 e. The molecule has 3 N–H and O–H groups in total. The Balaban J connectivity index is 2.02. The highest BCUT2D eigenvalue weighted by Crippen LogP contribution is 2.24. The van der Waals surface area contributed by atoms with E-state index >= 15 is 0 Å².